The summed E-state index contributed by atoms with van der Waals surface area (Å²) in [6, 6.07) is 4.73. The quantitative estimate of drug-likeness (QED) is 0.355. The first-order valence-corrected chi connectivity index (χ1v) is 12.3. The second-order valence-electron chi connectivity index (χ2n) is 8.85. The predicted molar refractivity (Wildman–Crippen MR) is 140 cm³/mol. The van der Waals surface area contributed by atoms with Crippen molar-refractivity contribution in [1.29, 1.82) is 5.26 Å². The van der Waals surface area contributed by atoms with Crippen molar-refractivity contribution in [2.45, 2.75) is 71.3 Å². The molecule has 3 rings (SSSR count). The largest absolute Gasteiger partial charge is 0.373 e. The first-order chi connectivity index (χ1) is 17.2. The lowest BCUT2D eigenvalue weighted by Gasteiger charge is -2.39. The molecule has 1 aromatic heterocycles. The molecule has 9 nitrogen and oxygen atoms in total. The molecule has 1 heterocycles. The summed E-state index contributed by atoms with van der Waals surface area (Å²) < 4.78 is 14.4. The molecule has 2 aromatic rings. The molecular weight excluding hydrogens is 461 g/mol. The molecule has 0 radical (unpaired) electrons. The third-order valence-corrected chi connectivity index (χ3v) is 6.37. The molecule has 1 fully saturated rings. The monoisotopic (exact) mass is 497 g/mol. The van der Waals surface area contributed by atoms with Gasteiger partial charge in [0.1, 0.15) is 5.82 Å². The lowest BCUT2D eigenvalue weighted by molar-refractivity contribution is -0.108. The Hall–Kier alpha value is -3.74. The molecule has 3 N–H and O–H groups in total. The molecule has 36 heavy (non-hydrogen) atoms. The number of nitrogens with zero attached hydrogens (tertiary/aromatic N) is 5. The summed E-state index contributed by atoms with van der Waals surface area (Å²) in [6.45, 7) is 5.71. The Morgan fingerprint density at radius 3 is 2.53 bits per heavy atom. The van der Waals surface area contributed by atoms with E-state index in [2.05, 4.69) is 21.4 Å². The minimum atomic E-state index is -0.846. The van der Waals surface area contributed by atoms with Gasteiger partial charge in [0.2, 0.25) is 12.4 Å². The van der Waals surface area contributed by atoms with E-state index in [-0.39, 0.29) is 11.5 Å². The number of hydrogen-bond acceptors (Lipinski definition) is 7. The van der Waals surface area contributed by atoms with Gasteiger partial charge in [-0.1, -0.05) is 26.7 Å². The molecule has 0 atom stereocenters. The lowest BCUT2D eigenvalue weighted by Crippen LogP contribution is -2.47. The van der Waals surface area contributed by atoms with Gasteiger partial charge in [-0.25, -0.2) is 9.37 Å². The van der Waals surface area contributed by atoms with E-state index < -0.39 is 17.3 Å². The Morgan fingerprint density at radius 2 is 1.97 bits per heavy atom. The maximum atomic E-state index is 14.4. The highest BCUT2D eigenvalue weighted by Gasteiger charge is 2.41. The van der Waals surface area contributed by atoms with Crippen LogP contribution in [0, 0.1) is 24.1 Å². The fourth-order valence-electron chi connectivity index (χ4n) is 4.57. The Labute approximate surface area is 212 Å². The predicted octanol–water partition coefficient (Wildman–Crippen LogP) is 4.83. The maximum Gasteiger partial charge on any atom is 0.251 e. The van der Waals surface area contributed by atoms with Gasteiger partial charge in [0.15, 0.2) is 5.82 Å². The van der Waals surface area contributed by atoms with E-state index in [1.54, 1.807) is 18.0 Å². The van der Waals surface area contributed by atoms with Crippen molar-refractivity contribution in [3.63, 3.8) is 0 Å². The van der Waals surface area contributed by atoms with E-state index in [1.165, 1.54) is 12.1 Å². The number of hydrogen-bond donors (Lipinski definition) is 2. The first kappa shape index (κ1) is 28.5. The van der Waals surface area contributed by atoms with Crippen molar-refractivity contribution in [3.05, 3.63) is 35.3 Å². The highest BCUT2D eigenvalue weighted by molar-refractivity contribution is 5.94. The molecule has 10 heteroatoms. The molecule has 0 bridgehead atoms. The summed E-state index contributed by atoms with van der Waals surface area (Å²) in [7, 11) is 3.69. The van der Waals surface area contributed by atoms with Gasteiger partial charge in [-0.2, -0.15) is 10.2 Å². The van der Waals surface area contributed by atoms with Crippen LogP contribution in [0.25, 0.3) is 0 Å². The van der Waals surface area contributed by atoms with Crippen molar-refractivity contribution in [3.8, 4) is 6.07 Å². The Morgan fingerprint density at radius 1 is 1.31 bits per heavy atom. The smallest absolute Gasteiger partial charge is 0.251 e. The summed E-state index contributed by atoms with van der Waals surface area (Å²) in [5, 5.41) is 12.0. The standard InChI is InChI=1S/C24H30FN7O2.C2H6/c1-16-12-17(21(27)34)18(25)13-19(16)29-23-28-14-20(31(2)3)22(30-23)32(15-33)24(8-4-5-9-24)10-6-7-11-26;1-2/h12-15H,4-10H2,1-3H3,(H2,27,34)(H,28,29,30);1-2H3. The summed E-state index contributed by atoms with van der Waals surface area (Å²) in [5.41, 5.74) is 6.26. The molecule has 1 aliphatic rings. The molecule has 1 aromatic carbocycles. The third kappa shape index (κ3) is 6.27. The zero-order chi connectivity index (χ0) is 26.9. The van der Waals surface area contributed by atoms with Gasteiger partial charge in [0.25, 0.3) is 5.91 Å². The van der Waals surface area contributed by atoms with Gasteiger partial charge in [0, 0.05) is 31.7 Å². The summed E-state index contributed by atoms with van der Waals surface area (Å²) in [6.07, 6.45) is 7.90. The molecule has 1 saturated carbocycles. The van der Waals surface area contributed by atoms with E-state index in [0.717, 1.165) is 32.1 Å². The average molecular weight is 498 g/mol. The number of halogens is 1. The fraction of sp³-hybridized carbons (Fsp3) is 0.500. The summed E-state index contributed by atoms with van der Waals surface area (Å²) >= 11 is 0. The Kier molecular flexibility index (Phi) is 10.1. The van der Waals surface area contributed by atoms with E-state index >= 15 is 0 Å². The lowest BCUT2D eigenvalue weighted by atomic mass is 9.89. The molecule has 0 saturated heterocycles. The van der Waals surface area contributed by atoms with Crippen LogP contribution in [0.2, 0.25) is 0 Å². The van der Waals surface area contributed by atoms with Gasteiger partial charge in [0.05, 0.1) is 23.5 Å². The number of aromatic nitrogens is 2. The molecule has 0 unspecified atom stereocenters. The topological polar surface area (TPSA) is 128 Å². The fourth-order valence-corrected chi connectivity index (χ4v) is 4.57. The maximum absolute atomic E-state index is 14.4. The van der Waals surface area contributed by atoms with Gasteiger partial charge >= 0.3 is 0 Å². The van der Waals surface area contributed by atoms with Crippen molar-refractivity contribution in [1.82, 2.24) is 9.97 Å². The van der Waals surface area contributed by atoms with Gasteiger partial charge in [-0.05, 0) is 50.3 Å². The van der Waals surface area contributed by atoms with Gasteiger partial charge in [-0.15, -0.1) is 0 Å². The van der Waals surface area contributed by atoms with Crippen LogP contribution in [0.15, 0.2) is 18.3 Å². The number of carbonyl (C=O) groups excluding carboxylic acids is 2. The van der Waals surface area contributed by atoms with E-state index in [4.69, 9.17) is 11.0 Å². The number of amides is 2. The minimum absolute atomic E-state index is 0.187. The number of carbonyl (C=O) groups is 2. The zero-order valence-corrected chi connectivity index (χ0v) is 21.8. The van der Waals surface area contributed by atoms with Crippen LogP contribution in [-0.4, -0.2) is 41.9 Å². The first-order valence-electron chi connectivity index (χ1n) is 12.3. The molecule has 0 spiro atoms. The molecular formula is C26H36FN7O2. The second kappa shape index (κ2) is 12.8. The normalized spacial score (nSPS) is 13.7. The van der Waals surface area contributed by atoms with Crippen LogP contribution in [0.4, 0.5) is 27.5 Å². The number of nitrogens with two attached hydrogens (primary N) is 1. The highest BCUT2D eigenvalue weighted by atomic mass is 19.1. The Balaban J connectivity index is 0.00000222. The molecule has 1 aliphatic carbocycles. The van der Waals surface area contributed by atoms with Crippen molar-refractivity contribution in [2.75, 3.05) is 29.2 Å². The van der Waals surface area contributed by atoms with Crippen molar-refractivity contribution in [2.24, 2.45) is 5.73 Å². The third-order valence-electron chi connectivity index (χ3n) is 6.37. The van der Waals surface area contributed by atoms with Crippen molar-refractivity contribution < 1.29 is 14.0 Å². The number of benzene rings is 1. The Bertz CT molecular complexity index is 1110. The van der Waals surface area contributed by atoms with Crippen LogP contribution >= 0.6 is 0 Å². The van der Waals surface area contributed by atoms with Crippen molar-refractivity contribution >= 4 is 35.5 Å². The minimum Gasteiger partial charge on any atom is -0.373 e. The number of primary amides is 1. The zero-order valence-electron chi connectivity index (χ0n) is 21.8. The van der Waals surface area contributed by atoms with E-state index in [0.29, 0.717) is 42.0 Å². The molecule has 2 amide bonds. The van der Waals surface area contributed by atoms with Crippen LogP contribution in [0.5, 0.6) is 0 Å². The highest BCUT2D eigenvalue weighted by Crippen LogP contribution is 2.43. The number of rotatable bonds is 10. The van der Waals surface area contributed by atoms with Crippen LogP contribution in [0.1, 0.15) is 74.7 Å². The molecule has 0 aliphatic heterocycles. The molecule has 194 valence electrons. The number of aryl methyl sites for hydroxylation is 1. The number of nitriles is 1. The van der Waals surface area contributed by atoms with Crippen LogP contribution in [0.3, 0.4) is 0 Å². The van der Waals surface area contributed by atoms with E-state index in [1.807, 2.05) is 32.8 Å². The van der Waals surface area contributed by atoms with Gasteiger partial charge in [-0.3, -0.25) is 14.5 Å². The average Bonchev–Trinajstić information content (AvgIpc) is 3.32. The van der Waals surface area contributed by atoms with Crippen LogP contribution in [-0.2, 0) is 4.79 Å². The SMILES string of the molecule is CC.Cc1cc(C(N)=O)c(F)cc1Nc1ncc(N(C)C)c(N(C=O)C2(CCCC#N)CCCC2)n1. The summed E-state index contributed by atoms with van der Waals surface area (Å²) in [4.78, 5) is 36.4. The number of anilines is 4. The number of unbranched alkanes of at least 4 members (excludes halogenated alkanes) is 1. The van der Waals surface area contributed by atoms with E-state index in [9.17, 15) is 14.0 Å². The number of nitrogens with one attached hydrogen (secondary N) is 1. The van der Waals surface area contributed by atoms with Gasteiger partial charge < -0.3 is 16.0 Å². The summed E-state index contributed by atoms with van der Waals surface area (Å²) in [5.74, 6) is -0.959. The van der Waals surface area contributed by atoms with Crippen LogP contribution < -0.4 is 20.9 Å². The second-order valence-corrected chi connectivity index (χ2v) is 8.85.